The first-order valence-corrected chi connectivity index (χ1v) is 6.92. The van der Waals surface area contributed by atoms with Crippen LogP contribution in [0.4, 0.5) is 5.82 Å². The van der Waals surface area contributed by atoms with Gasteiger partial charge in [0.15, 0.2) is 11.5 Å². The molecule has 0 saturated carbocycles. The van der Waals surface area contributed by atoms with Crippen LogP contribution >= 0.6 is 0 Å². The molecule has 1 atom stereocenters. The fourth-order valence-corrected chi connectivity index (χ4v) is 2.80. The molecule has 0 spiro atoms. The molecule has 1 aromatic heterocycles. The smallest absolute Gasteiger partial charge is 0.244 e. The Bertz CT molecular complexity index is 731. The van der Waals surface area contributed by atoms with Crippen molar-refractivity contribution in [1.29, 1.82) is 0 Å². The van der Waals surface area contributed by atoms with Gasteiger partial charge in [0, 0.05) is 25.2 Å². The fourth-order valence-electron chi connectivity index (χ4n) is 2.80. The van der Waals surface area contributed by atoms with Crippen molar-refractivity contribution in [3.05, 3.63) is 24.4 Å². The van der Waals surface area contributed by atoms with Crippen molar-refractivity contribution < 1.29 is 14.3 Å². The number of likely N-dealkylation sites (N-methyl/N-ethyl adjacent to an activating group) is 1. The SMILES string of the molecule is CN1CCC(Nc2nccc3cc4c(cc23)OCO4)C1=O. The van der Waals surface area contributed by atoms with Gasteiger partial charge in [0.1, 0.15) is 11.9 Å². The van der Waals surface area contributed by atoms with Crippen molar-refractivity contribution in [3.63, 3.8) is 0 Å². The summed E-state index contributed by atoms with van der Waals surface area (Å²) in [5, 5.41) is 5.20. The van der Waals surface area contributed by atoms with Crippen LogP contribution in [0.1, 0.15) is 6.42 Å². The molecule has 1 fully saturated rings. The Morgan fingerprint density at radius 1 is 1.33 bits per heavy atom. The van der Waals surface area contributed by atoms with E-state index < -0.39 is 0 Å². The van der Waals surface area contributed by atoms with Crippen molar-refractivity contribution in [3.8, 4) is 11.5 Å². The maximum Gasteiger partial charge on any atom is 0.244 e. The number of nitrogens with one attached hydrogen (secondary N) is 1. The van der Waals surface area contributed by atoms with E-state index in [4.69, 9.17) is 9.47 Å². The number of anilines is 1. The molecule has 6 heteroatoms. The van der Waals surface area contributed by atoms with Crippen LogP contribution in [0.5, 0.6) is 11.5 Å². The van der Waals surface area contributed by atoms with Gasteiger partial charge in [-0.05, 0) is 30.0 Å². The molecule has 108 valence electrons. The van der Waals surface area contributed by atoms with E-state index in [0.717, 1.165) is 29.5 Å². The quantitative estimate of drug-likeness (QED) is 0.908. The molecule has 2 aromatic rings. The second kappa shape index (κ2) is 4.51. The van der Waals surface area contributed by atoms with Crippen LogP contribution in [-0.2, 0) is 4.79 Å². The minimum absolute atomic E-state index is 0.106. The number of amides is 1. The average molecular weight is 285 g/mol. The van der Waals surface area contributed by atoms with Crippen LogP contribution in [0.2, 0.25) is 0 Å². The number of carbonyl (C=O) groups is 1. The van der Waals surface area contributed by atoms with E-state index in [1.54, 1.807) is 11.1 Å². The number of carbonyl (C=O) groups excluding carboxylic acids is 1. The first-order valence-electron chi connectivity index (χ1n) is 6.92. The first-order chi connectivity index (χ1) is 10.2. The molecule has 21 heavy (non-hydrogen) atoms. The summed E-state index contributed by atoms with van der Waals surface area (Å²) < 4.78 is 10.8. The zero-order valence-electron chi connectivity index (χ0n) is 11.6. The number of likely N-dealkylation sites (tertiary alicyclic amines) is 1. The van der Waals surface area contributed by atoms with Gasteiger partial charge >= 0.3 is 0 Å². The molecule has 4 rings (SSSR count). The molecular formula is C15H15N3O3. The number of benzene rings is 1. The Morgan fingerprint density at radius 2 is 2.14 bits per heavy atom. The van der Waals surface area contributed by atoms with Gasteiger partial charge in [-0.1, -0.05) is 0 Å². The summed E-state index contributed by atoms with van der Waals surface area (Å²) in [6.45, 7) is 1.02. The summed E-state index contributed by atoms with van der Waals surface area (Å²) in [6.07, 6.45) is 2.52. The molecular weight excluding hydrogens is 270 g/mol. The van der Waals surface area contributed by atoms with Crippen molar-refractivity contribution in [2.75, 3.05) is 25.7 Å². The highest BCUT2D eigenvalue weighted by atomic mass is 16.7. The lowest BCUT2D eigenvalue weighted by Crippen LogP contribution is -2.31. The van der Waals surface area contributed by atoms with Crippen molar-refractivity contribution >= 4 is 22.5 Å². The molecule has 0 bridgehead atoms. The van der Waals surface area contributed by atoms with E-state index in [1.165, 1.54) is 0 Å². The van der Waals surface area contributed by atoms with Crippen molar-refractivity contribution in [2.45, 2.75) is 12.5 Å². The summed E-state index contributed by atoms with van der Waals surface area (Å²) in [5.41, 5.74) is 0. The average Bonchev–Trinajstić information content (AvgIpc) is 3.06. The molecule has 1 unspecified atom stereocenters. The van der Waals surface area contributed by atoms with E-state index in [9.17, 15) is 4.79 Å². The second-order valence-corrected chi connectivity index (χ2v) is 5.33. The predicted molar refractivity (Wildman–Crippen MR) is 77.5 cm³/mol. The van der Waals surface area contributed by atoms with Gasteiger partial charge in [0.25, 0.3) is 0 Å². The number of pyridine rings is 1. The lowest BCUT2D eigenvalue weighted by Gasteiger charge is -2.14. The van der Waals surface area contributed by atoms with Crippen LogP contribution in [-0.4, -0.2) is 42.2 Å². The predicted octanol–water partition coefficient (Wildman–Crippen LogP) is 1.61. The lowest BCUT2D eigenvalue weighted by molar-refractivity contribution is -0.127. The summed E-state index contributed by atoms with van der Waals surface area (Å²) in [5.74, 6) is 2.28. The molecule has 6 nitrogen and oxygen atoms in total. The van der Waals surface area contributed by atoms with Crippen LogP contribution in [0.15, 0.2) is 24.4 Å². The largest absolute Gasteiger partial charge is 0.454 e. The number of fused-ring (bicyclic) bond motifs is 2. The molecule has 1 amide bonds. The van der Waals surface area contributed by atoms with Crippen LogP contribution in [0, 0.1) is 0 Å². The minimum atomic E-state index is -0.210. The van der Waals surface area contributed by atoms with E-state index in [1.807, 2.05) is 25.2 Å². The molecule has 1 N–H and O–H groups in total. The molecule has 2 aliphatic rings. The summed E-state index contributed by atoms with van der Waals surface area (Å²) in [4.78, 5) is 18.1. The van der Waals surface area contributed by atoms with Crippen LogP contribution < -0.4 is 14.8 Å². The molecule has 1 aromatic carbocycles. The first kappa shape index (κ1) is 12.3. The number of hydrogen-bond donors (Lipinski definition) is 1. The Morgan fingerprint density at radius 3 is 2.90 bits per heavy atom. The normalized spacial score (nSPS) is 20.3. The third-order valence-corrected chi connectivity index (χ3v) is 4.00. The maximum absolute atomic E-state index is 12.0. The zero-order chi connectivity index (χ0) is 14.4. The standard InChI is InChI=1S/C15H15N3O3/c1-18-5-3-11(15(18)19)17-14-10-7-13-12(20-8-21-13)6-9(10)2-4-16-14/h2,4,6-7,11H,3,5,8H2,1H3,(H,16,17). The van der Waals surface area contributed by atoms with Crippen molar-refractivity contribution in [2.24, 2.45) is 0 Å². The highest BCUT2D eigenvalue weighted by Crippen LogP contribution is 2.38. The van der Waals surface area contributed by atoms with Gasteiger partial charge in [-0.3, -0.25) is 4.79 Å². The maximum atomic E-state index is 12.0. The Kier molecular flexibility index (Phi) is 2.63. The highest BCUT2D eigenvalue weighted by Gasteiger charge is 2.29. The topological polar surface area (TPSA) is 63.7 Å². The molecule has 1 saturated heterocycles. The summed E-state index contributed by atoms with van der Waals surface area (Å²) in [6, 6.07) is 5.56. The van der Waals surface area contributed by atoms with E-state index in [-0.39, 0.29) is 18.7 Å². The monoisotopic (exact) mass is 285 g/mol. The molecule has 0 aliphatic carbocycles. The van der Waals surface area contributed by atoms with Gasteiger partial charge < -0.3 is 19.7 Å². The molecule has 2 aliphatic heterocycles. The van der Waals surface area contributed by atoms with Gasteiger partial charge in [0.05, 0.1) is 0 Å². The third kappa shape index (κ3) is 1.94. The number of ether oxygens (including phenoxy) is 2. The third-order valence-electron chi connectivity index (χ3n) is 4.00. The van der Waals surface area contributed by atoms with E-state index >= 15 is 0 Å². The van der Waals surface area contributed by atoms with E-state index in [2.05, 4.69) is 10.3 Å². The van der Waals surface area contributed by atoms with Gasteiger partial charge in [-0.15, -0.1) is 0 Å². The summed E-state index contributed by atoms with van der Waals surface area (Å²) >= 11 is 0. The van der Waals surface area contributed by atoms with Gasteiger partial charge in [0.2, 0.25) is 12.7 Å². The Hall–Kier alpha value is -2.50. The summed E-state index contributed by atoms with van der Waals surface area (Å²) in [7, 11) is 1.82. The lowest BCUT2D eigenvalue weighted by atomic mass is 10.1. The molecule has 0 radical (unpaired) electrons. The number of nitrogens with zero attached hydrogens (tertiary/aromatic N) is 2. The highest BCUT2D eigenvalue weighted by molar-refractivity contribution is 5.96. The van der Waals surface area contributed by atoms with Gasteiger partial charge in [-0.25, -0.2) is 4.98 Å². The Balaban J connectivity index is 1.73. The number of aromatic nitrogens is 1. The zero-order valence-corrected chi connectivity index (χ0v) is 11.6. The fraction of sp³-hybridized carbons (Fsp3) is 0.333. The minimum Gasteiger partial charge on any atom is -0.454 e. The second-order valence-electron chi connectivity index (χ2n) is 5.33. The molecule has 3 heterocycles. The van der Waals surface area contributed by atoms with Crippen LogP contribution in [0.25, 0.3) is 10.8 Å². The van der Waals surface area contributed by atoms with E-state index in [0.29, 0.717) is 11.6 Å². The van der Waals surface area contributed by atoms with Gasteiger partial charge in [-0.2, -0.15) is 0 Å². The Labute approximate surface area is 121 Å². The van der Waals surface area contributed by atoms with Crippen LogP contribution in [0.3, 0.4) is 0 Å². The van der Waals surface area contributed by atoms with Crippen molar-refractivity contribution in [1.82, 2.24) is 9.88 Å². The number of rotatable bonds is 2. The number of hydrogen-bond acceptors (Lipinski definition) is 5.